The smallest absolute Gasteiger partial charge is 0.231 e. The van der Waals surface area contributed by atoms with Gasteiger partial charge in [0.05, 0.1) is 5.92 Å². The molecule has 0 aromatic carbocycles. The minimum Gasteiger partial charge on any atom is -0.313 e. The van der Waals surface area contributed by atoms with Crippen molar-refractivity contribution in [1.29, 1.82) is 0 Å². The third kappa shape index (κ3) is 2.30. The normalized spacial score (nSPS) is 25.1. The molecule has 2 heterocycles. The number of rotatable bonds is 2. The Bertz CT molecular complexity index is 341. The lowest BCUT2D eigenvalue weighted by Gasteiger charge is -2.13. The van der Waals surface area contributed by atoms with Gasteiger partial charge < -0.3 is 5.32 Å². The maximum absolute atomic E-state index is 11.8. The molecule has 1 aliphatic rings. The zero-order chi connectivity index (χ0) is 10.7. The topological polar surface area (TPSA) is 66.9 Å². The number of nitrogens with zero attached hydrogens (tertiary/aromatic N) is 2. The van der Waals surface area contributed by atoms with Crippen molar-refractivity contribution in [2.75, 3.05) is 11.9 Å². The van der Waals surface area contributed by atoms with Gasteiger partial charge in [0.15, 0.2) is 0 Å². The lowest BCUT2D eigenvalue weighted by Crippen LogP contribution is -2.32. The van der Waals surface area contributed by atoms with Crippen molar-refractivity contribution in [3.8, 4) is 0 Å². The Labute approximate surface area is 88.3 Å². The summed E-state index contributed by atoms with van der Waals surface area (Å²) >= 11 is 0. The van der Waals surface area contributed by atoms with Crippen molar-refractivity contribution in [2.45, 2.75) is 19.4 Å². The molecule has 5 heteroatoms. The lowest BCUT2D eigenvalue weighted by molar-refractivity contribution is -0.120. The van der Waals surface area contributed by atoms with E-state index in [0.29, 0.717) is 5.95 Å². The standard InChI is InChI=1S/C10H14N4O/c1-7-8(3-6-11-7)9(15)14-10-12-4-2-5-13-10/h2,4-5,7-8,11H,3,6H2,1H3,(H,12,13,14,15). The first kappa shape index (κ1) is 10.0. The molecule has 2 rings (SSSR count). The zero-order valence-corrected chi connectivity index (χ0v) is 8.60. The second kappa shape index (κ2) is 4.35. The third-order valence-electron chi connectivity index (χ3n) is 2.66. The number of carbonyl (C=O) groups excluding carboxylic acids is 1. The van der Waals surface area contributed by atoms with Crippen molar-refractivity contribution in [3.05, 3.63) is 18.5 Å². The predicted octanol–water partition coefficient (Wildman–Crippen LogP) is 0.413. The van der Waals surface area contributed by atoms with E-state index in [1.165, 1.54) is 0 Å². The lowest BCUT2D eigenvalue weighted by atomic mass is 10.0. The molecular weight excluding hydrogens is 192 g/mol. The molecule has 2 N–H and O–H groups in total. The summed E-state index contributed by atoms with van der Waals surface area (Å²) in [5.74, 6) is 0.397. The third-order valence-corrected chi connectivity index (χ3v) is 2.66. The summed E-state index contributed by atoms with van der Waals surface area (Å²) in [5.41, 5.74) is 0. The van der Waals surface area contributed by atoms with E-state index in [4.69, 9.17) is 0 Å². The molecule has 1 aromatic rings. The van der Waals surface area contributed by atoms with Crippen molar-refractivity contribution < 1.29 is 4.79 Å². The molecular formula is C10H14N4O. The van der Waals surface area contributed by atoms with Gasteiger partial charge in [-0.15, -0.1) is 0 Å². The van der Waals surface area contributed by atoms with Gasteiger partial charge in [-0.05, 0) is 26.0 Å². The molecule has 0 aliphatic carbocycles. The van der Waals surface area contributed by atoms with E-state index < -0.39 is 0 Å². The summed E-state index contributed by atoms with van der Waals surface area (Å²) in [4.78, 5) is 19.7. The van der Waals surface area contributed by atoms with E-state index in [0.717, 1.165) is 13.0 Å². The average Bonchev–Trinajstić information content (AvgIpc) is 2.66. The monoisotopic (exact) mass is 206 g/mol. The Morgan fingerprint density at radius 1 is 1.53 bits per heavy atom. The van der Waals surface area contributed by atoms with Crippen LogP contribution in [0.5, 0.6) is 0 Å². The van der Waals surface area contributed by atoms with Gasteiger partial charge in [-0.3, -0.25) is 10.1 Å². The average molecular weight is 206 g/mol. The quantitative estimate of drug-likeness (QED) is 0.735. The molecule has 0 bridgehead atoms. The second-order valence-corrected chi connectivity index (χ2v) is 3.70. The first-order valence-electron chi connectivity index (χ1n) is 5.08. The van der Waals surface area contributed by atoms with Crippen LogP contribution in [-0.2, 0) is 4.79 Å². The van der Waals surface area contributed by atoms with Crippen LogP contribution in [0.3, 0.4) is 0 Å². The zero-order valence-electron chi connectivity index (χ0n) is 8.60. The Hall–Kier alpha value is -1.49. The van der Waals surface area contributed by atoms with Crippen LogP contribution in [0.4, 0.5) is 5.95 Å². The summed E-state index contributed by atoms with van der Waals surface area (Å²) in [7, 11) is 0. The summed E-state index contributed by atoms with van der Waals surface area (Å²) in [6.45, 7) is 2.91. The van der Waals surface area contributed by atoms with Crippen LogP contribution < -0.4 is 10.6 Å². The molecule has 1 saturated heterocycles. The van der Waals surface area contributed by atoms with E-state index in [1.54, 1.807) is 18.5 Å². The van der Waals surface area contributed by atoms with Crippen molar-refractivity contribution in [1.82, 2.24) is 15.3 Å². The molecule has 1 aliphatic heterocycles. The Morgan fingerprint density at radius 3 is 2.87 bits per heavy atom. The predicted molar refractivity (Wildman–Crippen MR) is 56.2 cm³/mol. The minimum atomic E-state index is -0.00120. The van der Waals surface area contributed by atoms with Crippen LogP contribution in [0.15, 0.2) is 18.5 Å². The van der Waals surface area contributed by atoms with Crippen LogP contribution in [0.1, 0.15) is 13.3 Å². The van der Waals surface area contributed by atoms with Gasteiger partial charge in [0, 0.05) is 18.4 Å². The van der Waals surface area contributed by atoms with Crippen LogP contribution in [0.2, 0.25) is 0 Å². The number of aromatic nitrogens is 2. The summed E-state index contributed by atoms with van der Waals surface area (Å²) in [6, 6.07) is 1.95. The second-order valence-electron chi connectivity index (χ2n) is 3.70. The molecule has 80 valence electrons. The van der Waals surface area contributed by atoms with Crippen LogP contribution in [0, 0.1) is 5.92 Å². The Kier molecular flexibility index (Phi) is 2.91. The first-order valence-corrected chi connectivity index (χ1v) is 5.08. The largest absolute Gasteiger partial charge is 0.313 e. The Balaban J connectivity index is 1.98. The van der Waals surface area contributed by atoms with Crippen molar-refractivity contribution >= 4 is 11.9 Å². The number of carbonyl (C=O) groups is 1. The highest BCUT2D eigenvalue weighted by atomic mass is 16.2. The number of anilines is 1. The molecule has 0 radical (unpaired) electrons. The highest BCUT2D eigenvalue weighted by Crippen LogP contribution is 2.16. The fraction of sp³-hybridized carbons (Fsp3) is 0.500. The maximum Gasteiger partial charge on any atom is 0.231 e. The highest BCUT2D eigenvalue weighted by Gasteiger charge is 2.29. The number of hydrogen-bond acceptors (Lipinski definition) is 4. The summed E-state index contributed by atoms with van der Waals surface area (Å²) in [5, 5.41) is 5.95. The molecule has 2 atom stereocenters. The van der Waals surface area contributed by atoms with E-state index in [-0.39, 0.29) is 17.9 Å². The fourth-order valence-corrected chi connectivity index (χ4v) is 1.78. The van der Waals surface area contributed by atoms with Crippen molar-refractivity contribution in [2.24, 2.45) is 5.92 Å². The van der Waals surface area contributed by atoms with Gasteiger partial charge in [-0.1, -0.05) is 0 Å². The van der Waals surface area contributed by atoms with Gasteiger partial charge in [0.1, 0.15) is 0 Å². The van der Waals surface area contributed by atoms with Crippen LogP contribution in [-0.4, -0.2) is 28.5 Å². The molecule has 1 fully saturated rings. The van der Waals surface area contributed by atoms with E-state index in [9.17, 15) is 4.79 Å². The summed E-state index contributed by atoms with van der Waals surface area (Å²) < 4.78 is 0. The van der Waals surface area contributed by atoms with E-state index in [2.05, 4.69) is 20.6 Å². The first-order chi connectivity index (χ1) is 7.27. The minimum absolute atomic E-state index is 0.00120. The van der Waals surface area contributed by atoms with Crippen LogP contribution in [0.25, 0.3) is 0 Å². The SMILES string of the molecule is CC1NCCC1C(=O)Nc1ncccn1. The summed E-state index contributed by atoms with van der Waals surface area (Å²) in [6.07, 6.45) is 4.09. The Morgan fingerprint density at radius 2 is 2.27 bits per heavy atom. The van der Waals surface area contributed by atoms with Gasteiger partial charge in [0.25, 0.3) is 0 Å². The molecule has 0 spiro atoms. The maximum atomic E-state index is 11.8. The van der Waals surface area contributed by atoms with Crippen molar-refractivity contribution in [3.63, 3.8) is 0 Å². The van der Waals surface area contributed by atoms with Gasteiger partial charge in [0.2, 0.25) is 11.9 Å². The molecule has 1 amide bonds. The van der Waals surface area contributed by atoms with Gasteiger partial charge >= 0.3 is 0 Å². The number of hydrogen-bond donors (Lipinski definition) is 2. The fourth-order valence-electron chi connectivity index (χ4n) is 1.78. The highest BCUT2D eigenvalue weighted by molar-refractivity contribution is 5.91. The van der Waals surface area contributed by atoms with E-state index >= 15 is 0 Å². The van der Waals surface area contributed by atoms with Crippen LogP contribution >= 0.6 is 0 Å². The molecule has 0 saturated carbocycles. The molecule has 2 unspecified atom stereocenters. The molecule has 5 nitrogen and oxygen atoms in total. The molecule has 15 heavy (non-hydrogen) atoms. The molecule has 1 aromatic heterocycles. The number of amides is 1. The van der Waals surface area contributed by atoms with Gasteiger partial charge in [-0.25, -0.2) is 9.97 Å². The van der Waals surface area contributed by atoms with E-state index in [1.807, 2.05) is 6.92 Å². The van der Waals surface area contributed by atoms with Gasteiger partial charge in [-0.2, -0.15) is 0 Å². The number of nitrogens with one attached hydrogen (secondary N) is 2.